The van der Waals surface area contributed by atoms with E-state index in [1.54, 1.807) is 0 Å². The maximum Gasteiger partial charge on any atom is 0.510 e. The zero-order chi connectivity index (χ0) is 18.4. The van der Waals surface area contributed by atoms with Crippen molar-refractivity contribution in [1.29, 1.82) is 0 Å². The highest BCUT2D eigenvalue weighted by Gasteiger charge is 2.22. The van der Waals surface area contributed by atoms with Gasteiger partial charge in [0.1, 0.15) is 6.61 Å². The van der Waals surface area contributed by atoms with Crippen molar-refractivity contribution < 1.29 is 48.0 Å². The summed E-state index contributed by atoms with van der Waals surface area (Å²) in [5.74, 6) is -2.39. The summed E-state index contributed by atoms with van der Waals surface area (Å²) in [5, 5.41) is 8.55. The molecule has 1 unspecified atom stereocenters. The van der Waals surface area contributed by atoms with E-state index in [2.05, 4.69) is 14.2 Å². The van der Waals surface area contributed by atoms with Crippen molar-refractivity contribution >= 4 is 24.2 Å². The first-order valence-electron chi connectivity index (χ1n) is 7.20. The highest BCUT2D eigenvalue weighted by atomic mass is 16.8. The first-order chi connectivity index (χ1) is 11.4. The summed E-state index contributed by atoms with van der Waals surface area (Å²) in [6.45, 7) is -0.887. The number of ether oxygens (including phenoxy) is 5. The number of carbonyl (C=O) groups excluding carboxylic acids is 3. The molecule has 0 aromatic heterocycles. The highest BCUT2D eigenvalue weighted by molar-refractivity contribution is 5.73. The zero-order valence-electron chi connectivity index (χ0n) is 13.6. The van der Waals surface area contributed by atoms with Crippen LogP contribution < -0.4 is 0 Å². The molecule has 10 heteroatoms. The second kappa shape index (κ2) is 13.0. The molecule has 0 saturated heterocycles. The van der Waals surface area contributed by atoms with E-state index in [9.17, 15) is 19.2 Å². The lowest BCUT2D eigenvalue weighted by Gasteiger charge is -2.15. The van der Waals surface area contributed by atoms with Gasteiger partial charge in [0.05, 0.1) is 20.1 Å². The number of carbonyl (C=O) groups is 4. The lowest BCUT2D eigenvalue weighted by Crippen LogP contribution is -2.26. The lowest BCUT2D eigenvalue weighted by atomic mass is 10.0. The molecular formula is C14H22O10. The van der Waals surface area contributed by atoms with E-state index < -0.39 is 37.0 Å². The first kappa shape index (κ1) is 21.5. The summed E-state index contributed by atoms with van der Waals surface area (Å²) in [7, 11) is 2.24. The number of carboxylic acids is 1. The molecule has 0 aromatic carbocycles. The molecule has 0 rings (SSSR count). The third-order valence-corrected chi connectivity index (χ3v) is 2.89. The molecule has 0 aromatic rings. The number of carboxylic acid groups (broad SMARTS) is 1. The van der Waals surface area contributed by atoms with Crippen molar-refractivity contribution in [2.24, 2.45) is 5.92 Å². The predicted octanol–water partition coefficient (Wildman–Crippen LogP) is 1.70. The van der Waals surface area contributed by atoms with E-state index >= 15 is 0 Å². The minimum Gasteiger partial charge on any atom is -0.481 e. The number of aliphatic carboxylic acids is 1. The fourth-order valence-electron chi connectivity index (χ4n) is 1.65. The van der Waals surface area contributed by atoms with E-state index in [0.717, 1.165) is 14.2 Å². The molecule has 0 aliphatic rings. The topological polar surface area (TPSA) is 135 Å². The molecular weight excluding hydrogens is 328 g/mol. The Bertz CT molecular complexity index is 420. The van der Waals surface area contributed by atoms with Crippen molar-refractivity contribution in [3.8, 4) is 0 Å². The van der Waals surface area contributed by atoms with Gasteiger partial charge in [0.15, 0.2) is 0 Å². The number of esters is 1. The van der Waals surface area contributed by atoms with Gasteiger partial charge in [0.25, 0.3) is 0 Å². The van der Waals surface area contributed by atoms with E-state index in [1.165, 1.54) is 0 Å². The summed E-state index contributed by atoms with van der Waals surface area (Å²) < 4.78 is 22.4. The van der Waals surface area contributed by atoms with Gasteiger partial charge < -0.3 is 28.8 Å². The Balaban J connectivity index is 4.28. The SMILES string of the molecule is COC(=O)OCOC(=O)C(CCCCCC(=O)O)COC(=O)OC. The number of rotatable bonds is 11. The molecule has 1 atom stereocenters. The fourth-order valence-corrected chi connectivity index (χ4v) is 1.65. The third-order valence-electron chi connectivity index (χ3n) is 2.89. The Morgan fingerprint density at radius 3 is 2.08 bits per heavy atom. The zero-order valence-corrected chi connectivity index (χ0v) is 13.6. The van der Waals surface area contributed by atoms with Gasteiger partial charge in [-0.05, 0) is 12.8 Å². The summed E-state index contributed by atoms with van der Waals surface area (Å²) >= 11 is 0. The quantitative estimate of drug-likeness (QED) is 0.254. The van der Waals surface area contributed by atoms with E-state index in [4.69, 9.17) is 14.6 Å². The maximum atomic E-state index is 11.9. The number of unbranched alkanes of at least 4 members (excludes halogenated alkanes) is 2. The van der Waals surface area contributed by atoms with Crippen LogP contribution in [0.2, 0.25) is 0 Å². The van der Waals surface area contributed by atoms with Crippen LogP contribution in [0.15, 0.2) is 0 Å². The van der Waals surface area contributed by atoms with E-state index in [0.29, 0.717) is 25.7 Å². The van der Waals surface area contributed by atoms with Crippen LogP contribution in [-0.4, -0.2) is 57.0 Å². The second-order valence-electron chi connectivity index (χ2n) is 4.63. The average Bonchev–Trinajstić information content (AvgIpc) is 2.56. The van der Waals surface area contributed by atoms with Gasteiger partial charge in [-0.3, -0.25) is 9.59 Å². The summed E-state index contributed by atoms with van der Waals surface area (Å²) in [4.78, 5) is 44.1. The largest absolute Gasteiger partial charge is 0.510 e. The standard InChI is InChI=1S/C14H22O10/c1-20-13(18)22-8-10(6-4-3-5-7-11(15)16)12(17)23-9-24-14(19)21-2/h10H,3-9H2,1-2H3,(H,15,16). The van der Waals surface area contributed by atoms with Gasteiger partial charge in [0, 0.05) is 6.42 Å². The van der Waals surface area contributed by atoms with Gasteiger partial charge in [-0.2, -0.15) is 0 Å². The number of hydrogen-bond donors (Lipinski definition) is 1. The summed E-state index contributed by atoms with van der Waals surface area (Å²) in [6, 6.07) is 0. The van der Waals surface area contributed by atoms with Gasteiger partial charge in [-0.1, -0.05) is 12.8 Å². The van der Waals surface area contributed by atoms with Crippen molar-refractivity contribution in [3.63, 3.8) is 0 Å². The molecule has 0 amide bonds. The average molecular weight is 350 g/mol. The van der Waals surface area contributed by atoms with Crippen LogP contribution in [0.3, 0.4) is 0 Å². The van der Waals surface area contributed by atoms with Gasteiger partial charge in [0.2, 0.25) is 6.79 Å². The van der Waals surface area contributed by atoms with Crippen LogP contribution in [0.4, 0.5) is 9.59 Å². The molecule has 0 spiro atoms. The molecule has 10 nitrogen and oxygen atoms in total. The molecule has 0 heterocycles. The summed E-state index contributed by atoms with van der Waals surface area (Å²) in [5.41, 5.74) is 0. The minimum atomic E-state index is -1.00. The van der Waals surface area contributed by atoms with Crippen LogP contribution in [0, 0.1) is 5.92 Å². The van der Waals surface area contributed by atoms with Crippen LogP contribution >= 0.6 is 0 Å². The smallest absolute Gasteiger partial charge is 0.481 e. The molecule has 0 saturated carbocycles. The molecule has 0 fully saturated rings. The Morgan fingerprint density at radius 1 is 0.875 bits per heavy atom. The van der Waals surface area contributed by atoms with Gasteiger partial charge in [-0.25, -0.2) is 9.59 Å². The molecule has 0 aliphatic carbocycles. The molecule has 0 bridgehead atoms. The molecule has 24 heavy (non-hydrogen) atoms. The molecule has 138 valence electrons. The normalized spacial score (nSPS) is 11.1. The monoisotopic (exact) mass is 350 g/mol. The van der Waals surface area contributed by atoms with E-state index in [1.807, 2.05) is 0 Å². The molecule has 0 radical (unpaired) electrons. The van der Waals surface area contributed by atoms with Crippen molar-refractivity contribution in [2.75, 3.05) is 27.6 Å². The highest BCUT2D eigenvalue weighted by Crippen LogP contribution is 2.14. The predicted molar refractivity (Wildman–Crippen MR) is 77.0 cm³/mol. The van der Waals surface area contributed by atoms with E-state index in [-0.39, 0.29) is 13.0 Å². The fraction of sp³-hybridized carbons (Fsp3) is 0.714. The minimum absolute atomic E-state index is 0.0424. The second-order valence-corrected chi connectivity index (χ2v) is 4.63. The van der Waals surface area contributed by atoms with Crippen LogP contribution in [0.1, 0.15) is 32.1 Å². The van der Waals surface area contributed by atoms with Gasteiger partial charge >= 0.3 is 24.2 Å². The van der Waals surface area contributed by atoms with Gasteiger partial charge in [-0.15, -0.1) is 0 Å². The van der Waals surface area contributed by atoms with Crippen LogP contribution in [0.5, 0.6) is 0 Å². The molecule has 1 N–H and O–H groups in total. The Hall–Kier alpha value is -2.52. The van der Waals surface area contributed by atoms with Crippen LogP contribution in [-0.2, 0) is 33.3 Å². The molecule has 0 aliphatic heterocycles. The summed E-state index contributed by atoms with van der Waals surface area (Å²) in [6.07, 6.45) is 0.0142. The Morgan fingerprint density at radius 2 is 1.50 bits per heavy atom. The first-order valence-corrected chi connectivity index (χ1v) is 7.20. The third kappa shape index (κ3) is 11.1. The van der Waals surface area contributed by atoms with Crippen molar-refractivity contribution in [3.05, 3.63) is 0 Å². The maximum absolute atomic E-state index is 11.9. The number of hydrogen-bond acceptors (Lipinski definition) is 9. The Kier molecular flexibility index (Phi) is 11.6. The van der Waals surface area contributed by atoms with Crippen LogP contribution in [0.25, 0.3) is 0 Å². The number of methoxy groups -OCH3 is 2. The van der Waals surface area contributed by atoms with Crippen molar-refractivity contribution in [1.82, 2.24) is 0 Å². The lowest BCUT2D eigenvalue weighted by molar-refractivity contribution is -0.160. The van der Waals surface area contributed by atoms with Crippen molar-refractivity contribution in [2.45, 2.75) is 32.1 Å². The Labute approximate surface area is 138 Å².